The second kappa shape index (κ2) is 9.26. The van der Waals surface area contributed by atoms with E-state index in [1.807, 2.05) is 24.4 Å². The number of nitrogens with zero attached hydrogens (tertiary/aromatic N) is 3. The minimum Gasteiger partial charge on any atom is -0.481 e. The molecule has 160 valence electrons. The summed E-state index contributed by atoms with van der Waals surface area (Å²) in [5.41, 5.74) is 0.500. The highest BCUT2D eigenvalue weighted by molar-refractivity contribution is 7.92. The maximum atomic E-state index is 12.5. The van der Waals surface area contributed by atoms with Crippen molar-refractivity contribution in [2.45, 2.75) is 26.0 Å². The second-order valence-electron chi connectivity index (χ2n) is 6.45. The van der Waals surface area contributed by atoms with Crippen LogP contribution in [-0.4, -0.2) is 43.9 Å². The summed E-state index contributed by atoms with van der Waals surface area (Å²) in [6, 6.07) is 10.3. The van der Waals surface area contributed by atoms with Crippen molar-refractivity contribution in [2.24, 2.45) is 0 Å². The van der Waals surface area contributed by atoms with Gasteiger partial charge in [-0.1, -0.05) is 18.1 Å². The SMILES string of the molecule is CCC(Oc1ccc(N(C)S(C)(=O)=O)cc1)C(=O)NCc1nc(-c2cccs2)no1. The summed E-state index contributed by atoms with van der Waals surface area (Å²) in [6.45, 7) is 1.92. The number of carbonyl (C=O) groups excluding carboxylic acids is 1. The molecule has 2 heterocycles. The molecule has 0 radical (unpaired) electrons. The first-order valence-corrected chi connectivity index (χ1v) is 11.9. The van der Waals surface area contributed by atoms with E-state index >= 15 is 0 Å². The van der Waals surface area contributed by atoms with Gasteiger partial charge in [0.25, 0.3) is 5.91 Å². The Kier molecular flexibility index (Phi) is 6.73. The van der Waals surface area contributed by atoms with Crippen molar-refractivity contribution >= 4 is 33.0 Å². The van der Waals surface area contributed by atoms with Crippen molar-refractivity contribution < 1.29 is 22.5 Å². The maximum Gasteiger partial charge on any atom is 0.261 e. The number of carbonyl (C=O) groups is 1. The lowest BCUT2D eigenvalue weighted by atomic mass is 10.2. The molecule has 0 saturated carbocycles. The van der Waals surface area contributed by atoms with Gasteiger partial charge in [0.2, 0.25) is 21.7 Å². The Morgan fingerprint density at radius 1 is 1.30 bits per heavy atom. The highest BCUT2D eigenvalue weighted by Crippen LogP contribution is 2.22. The minimum absolute atomic E-state index is 0.0924. The molecule has 3 aromatic rings. The summed E-state index contributed by atoms with van der Waals surface area (Å²) in [6.07, 6.45) is 0.853. The monoisotopic (exact) mass is 450 g/mol. The Labute approximate surface area is 178 Å². The Hall–Kier alpha value is -2.92. The van der Waals surface area contributed by atoms with Crippen molar-refractivity contribution in [2.75, 3.05) is 17.6 Å². The number of anilines is 1. The van der Waals surface area contributed by atoms with E-state index in [0.717, 1.165) is 15.4 Å². The van der Waals surface area contributed by atoms with Gasteiger partial charge in [0, 0.05) is 7.05 Å². The van der Waals surface area contributed by atoms with E-state index in [-0.39, 0.29) is 12.5 Å². The van der Waals surface area contributed by atoms with E-state index < -0.39 is 16.1 Å². The van der Waals surface area contributed by atoms with Crippen LogP contribution in [0.5, 0.6) is 5.75 Å². The molecule has 0 saturated heterocycles. The van der Waals surface area contributed by atoms with E-state index in [2.05, 4.69) is 15.5 Å². The van der Waals surface area contributed by atoms with Crippen LogP contribution in [0.15, 0.2) is 46.3 Å². The van der Waals surface area contributed by atoms with Crippen molar-refractivity contribution in [3.8, 4) is 16.5 Å². The summed E-state index contributed by atoms with van der Waals surface area (Å²) in [7, 11) is -1.88. The van der Waals surface area contributed by atoms with E-state index in [4.69, 9.17) is 9.26 Å². The third-order valence-corrected chi connectivity index (χ3v) is 6.33. The van der Waals surface area contributed by atoms with Crippen LogP contribution in [0.3, 0.4) is 0 Å². The van der Waals surface area contributed by atoms with E-state index in [0.29, 0.717) is 29.6 Å². The molecular formula is C19H22N4O5S2. The molecule has 30 heavy (non-hydrogen) atoms. The minimum atomic E-state index is -3.35. The number of amides is 1. The number of thiophene rings is 1. The van der Waals surface area contributed by atoms with Gasteiger partial charge in [0.15, 0.2) is 6.10 Å². The molecule has 3 rings (SSSR count). The van der Waals surface area contributed by atoms with Gasteiger partial charge in [0.1, 0.15) is 5.75 Å². The fourth-order valence-electron chi connectivity index (χ4n) is 2.52. The van der Waals surface area contributed by atoms with Crippen molar-refractivity contribution in [3.63, 3.8) is 0 Å². The summed E-state index contributed by atoms with van der Waals surface area (Å²) >= 11 is 1.50. The van der Waals surface area contributed by atoms with Gasteiger partial charge in [0.05, 0.1) is 23.4 Å². The molecule has 1 atom stereocenters. The van der Waals surface area contributed by atoms with E-state index in [9.17, 15) is 13.2 Å². The molecule has 1 amide bonds. The molecule has 1 aromatic carbocycles. The number of benzene rings is 1. The van der Waals surface area contributed by atoms with Crippen molar-refractivity contribution in [1.82, 2.24) is 15.5 Å². The van der Waals surface area contributed by atoms with E-state index in [1.54, 1.807) is 24.3 Å². The highest BCUT2D eigenvalue weighted by atomic mass is 32.2. The van der Waals surface area contributed by atoms with Crippen LogP contribution in [0.25, 0.3) is 10.7 Å². The molecule has 0 fully saturated rings. The lowest BCUT2D eigenvalue weighted by Gasteiger charge is -2.19. The summed E-state index contributed by atoms with van der Waals surface area (Å²) in [5.74, 6) is 0.928. The molecule has 1 N–H and O–H groups in total. The molecule has 0 bridgehead atoms. The molecule has 11 heteroatoms. The van der Waals surface area contributed by atoms with Crippen LogP contribution in [0, 0.1) is 0 Å². The van der Waals surface area contributed by atoms with Gasteiger partial charge in [-0.3, -0.25) is 9.10 Å². The Balaban J connectivity index is 1.57. The Bertz CT molecular complexity index is 1080. The normalized spacial score (nSPS) is 12.4. The number of ether oxygens (including phenoxy) is 1. The van der Waals surface area contributed by atoms with Crippen LogP contribution in [0.4, 0.5) is 5.69 Å². The number of hydrogen-bond acceptors (Lipinski definition) is 8. The molecule has 1 unspecified atom stereocenters. The Morgan fingerprint density at radius 3 is 2.63 bits per heavy atom. The van der Waals surface area contributed by atoms with Crippen LogP contribution in [0.1, 0.15) is 19.2 Å². The Morgan fingerprint density at radius 2 is 2.03 bits per heavy atom. The van der Waals surface area contributed by atoms with Crippen LogP contribution >= 0.6 is 11.3 Å². The average molecular weight is 451 g/mol. The van der Waals surface area contributed by atoms with Crippen LogP contribution in [-0.2, 0) is 21.4 Å². The zero-order chi connectivity index (χ0) is 21.7. The molecule has 0 aliphatic rings. The third kappa shape index (κ3) is 5.36. The first-order valence-electron chi connectivity index (χ1n) is 9.12. The van der Waals surface area contributed by atoms with Gasteiger partial charge in [-0.25, -0.2) is 8.42 Å². The largest absolute Gasteiger partial charge is 0.481 e. The van der Waals surface area contributed by atoms with Crippen LogP contribution in [0.2, 0.25) is 0 Å². The predicted octanol–water partition coefficient (Wildman–Crippen LogP) is 2.67. The van der Waals surface area contributed by atoms with E-state index in [1.165, 1.54) is 18.4 Å². The lowest BCUT2D eigenvalue weighted by Crippen LogP contribution is -2.37. The molecule has 0 aliphatic heterocycles. The highest BCUT2D eigenvalue weighted by Gasteiger charge is 2.20. The molecular weight excluding hydrogens is 428 g/mol. The smallest absolute Gasteiger partial charge is 0.261 e. The van der Waals surface area contributed by atoms with Gasteiger partial charge < -0.3 is 14.6 Å². The van der Waals surface area contributed by atoms with Crippen molar-refractivity contribution in [1.29, 1.82) is 0 Å². The number of rotatable bonds is 9. The number of hydrogen-bond donors (Lipinski definition) is 1. The first kappa shape index (κ1) is 21.8. The van der Waals surface area contributed by atoms with Gasteiger partial charge in [-0.15, -0.1) is 11.3 Å². The molecule has 0 aliphatic carbocycles. The molecule has 9 nitrogen and oxygen atoms in total. The van der Waals surface area contributed by atoms with Crippen LogP contribution < -0.4 is 14.4 Å². The quantitative estimate of drug-likeness (QED) is 0.533. The van der Waals surface area contributed by atoms with Gasteiger partial charge >= 0.3 is 0 Å². The fraction of sp³-hybridized carbons (Fsp3) is 0.316. The molecule has 0 spiro atoms. The summed E-state index contributed by atoms with van der Waals surface area (Å²) in [4.78, 5) is 17.6. The zero-order valence-electron chi connectivity index (χ0n) is 16.7. The maximum absolute atomic E-state index is 12.5. The number of nitrogens with one attached hydrogen (secondary N) is 1. The summed E-state index contributed by atoms with van der Waals surface area (Å²) in [5, 5.41) is 8.56. The predicted molar refractivity (Wildman–Crippen MR) is 114 cm³/mol. The average Bonchev–Trinajstić information content (AvgIpc) is 3.41. The number of sulfonamides is 1. The second-order valence-corrected chi connectivity index (χ2v) is 9.41. The third-order valence-electron chi connectivity index (χ3n) is 4.26. The fourth-order valence-corrected chi connectivity index (χ4v) is 3.68. The lowest BCUT2D eigenvalue weighted by molar-refractivity contribution is -0.128. The first-order chi connectivity index (χ1) is 14.3. The molecule has 2 aromatic heterocycles. The standard InChI is InChI=1S/C19H22N4O5S2/c1-4-15(27-14-9-7-13(8-10-14)23(2)30(3,25)26)19(24)20-12-17-21-18(22-28-17)16-6-5-11-29-16/h5-11,15H,4,12H2,1-3H3,(H,20,24). The van der Waals surface area contributed by atoms with Gasteiger partial charge in [-0.05, 0) is 42.1 Å². The van der Waals surface area contributed by atoms with Crippen molar-refractivity contribution in [3.05, 3.63) is 47.7 Å². The summed E-state index contributed by atoms with van der Waals surface area (Å²) < 4.78 is 35.3. The topological polar surface area (TPSA) is 115 Å². The van der Waals surface area contributed by atoms with Gasteiger partial charge in [-0.2, -0.15) is 4.98 Å². The number of aromatic nitrogens is 2. The zero-order valence-corrected chi connectivity index (χ0v) is 18.4.